The first-order valence-corrected chi connectivity index (χ1v) is 13.6. The normalized spacial score (nSPS) is 16.2. The van der Waals surface area contributed by atoms with Crippen molar-refractivity contribution < 1.29 is 28.2 Å². The number of para-hydroxylation sites is 1. The van der Waals surface area contributed by atoms with Crippen LogP contribution < -0.4 is 20.7 Å². The maximum Gasteiger partial charge on any atom is 0.319 e. The van der Waals surface area contributed by atoms with E-state index < -0.39 is 35.4 Å². The van der Waals surface area contributed by atoms with Gasteiger partial charge in [0, 0.05) is 37.1 Å². The van der Waals surface area contributed by atoms with Crippen LogP contribution in [-0.2, 0) is 16.7 Å². The van der Waals surface area contributed by atoms with Crippen LogP contribution in [0.3, 0.4) is 0 Å². The van der Waals surface area contributed by atoms with Gasteiger partial charge in [0.15, 0.2) is 0 Å². The van der Waals surface area contributed by atoms with Gasteiger partial charge < -0.3 is 30.5 Å². The van der Waals surface area contributed by atoms with E-state index in [1.54, 1.807) is 24.3 Å². The first-order valence-electron chi connectivity index (χ1n) is 13.6. The van der Waals surface area contributed by atoms with Gasteiger partial charge >= 0.3 is 6.03 Å². The Labute approximate surface area is 233 Å². The molecule has 1 fully saturated rings. The summed E-state index contributed by atoms with van der Waals surface area (Å²) in [4.78, 5) is 12.8. The molecule has 1 aliphatic heterocycles. The van der Waals surface area contributed by atoms with E-state index in [4.69, 9.17) is 9.47 Å². The predicted molar refractivity (Wildman–Crippen MR) is 150 cm³/mol. The lowest BCUT2D eigenvalue weighted by Gasteiger charge is -2.40. The van der Waals surface area contributed by atoms with Crippen LogP contribution in [0.5, 0.6) is 5.75 Å². The number of benzene rings is 3. The molecule has 4 N–H and O–H groups in total. The second kappa shape index (κ2) is 13.7. The second-order valence-corrected chi connectivity index (χ2v) is 10.4. The minimum atomic E-state index is -1.08. The van der Waals surface area contributed by atoms with Gasteiger partial charge in [0.05, 0.1) is 18.2 Å². The summed E-state index contributed by atoms with van der Waals surface area (Å²) in [5.41, 5.74) is 1.42. The summed E-state index contributed by atoms with van der Waals surface area (Å²) in [5, 5.41) is 20.4. The van der Waals surface area contributed by atoms with Crippen LogP contribution in [0.25, 0.3) is 0 Å². The summed E-state index contributed by atoms with van der Waals surface area (Å²) >= 11 is 0. The summed E-state index contributed by atoms with van der Waals surface area (Å²) in [7, 11) is 0. The molecule has 0 aliphatic carbocycles. The van der Waals surface area contributed by atoms with Crippen molar-refractivity contribution in [3.63, 3.8) is 0 Å². The molecule has 4 rings (SSSR count). The molecule has 214 valence electrons. The number of ether oxygens (including phenoxy) is 2. The van der Waals surface area contributed by atoms with Crippen LogP contribution in [0.4, 0.5) is 19.3 Å². The molecule has 1 saturated heterocycles. The molecule has 0 radical (unpaired) electrons. The van der Waals surface area contributed by atoms with E-state index >= 15 is 0 Å². The summed E-state index contributed by atoms with van der Waals surface area (Å²) in [6.07, 6.45) is 0.312. The van der Waals surface area contributed by atoms with Gasteiger partial charge in [-0.1, -0.05) is 30.3 Å². The van der Waals surface area contributed by atoms with Crippen molar-refractivity contribution in [2.24, 2.45) is 0 Å². The van der Waals surface area contributed by atoms with Gasteiger partial charge in [-0.05, 0) is 80.6 Å². The molecule has 0 aromatic heterocycles. The molecule has 40 heavy (non-hydrogen) atoms. The summed E-state index contributed by atoms with van der Waals surface area (Å²) < 4.78 is 39.4. The predicted octanol–water partition coefficient (Wildman–Crippen LogP) is 5.14. The maximum absolute atomic E-state index is 13.9. The van der Waals surface area contributed by atoms with Crippen molar-refractivity contribution in [1.82, 2.24) is 10.6 Å². The average molecular weight is 554 g/mol. The number of nitrogens with one attached hydrogen (secondary N) is 3. The molecule has 2 amide bonds. The van der Waals surface area contributed by atoms with E-state index in [0.717, 1.165) is 17.4 Å². The third-order valence-electron chi connectivity index (χ3n) is 6.94. The van der Waals surface area contributed by atoms with E-state index in [0.29, 0.717) is 37.3 Å². The van der Waals surface area contributed by atoms with Crippen LogP contribution in [0.2, 0.25) is 0 Å². The molecule has 3 aromatic rings. The number of amides is 2. The highest BCUT2D eigenvalue weighted by Crippen LogP contribution is 2.34. The smallest absolute Gasteiger partial charge is 0.319 e. The third-order valence-corrected chi connectivity index (χ3v) is 6.94. The molecule has 1 aliphatic rings. The molecular weight excluding hydrogens is 516 g/mol. The first kappa shape index (κ1) is 29.5. The Morgan fingerprint density at radius 3 is 2.38 bits per heavy atom. The van der Waals surface area contributed by atoms with Gasteiger partial charge in [-0.3, -0.25) is 0 Å². The fourth-order valence-electron chi connectivity index (χ4n) is 4.99. The number of anilines is 1. The Morgan fingerprint density at radius 2 is 1.70 bits per heavy atom. The molecule has 7 nitrogen and oxygen atoms in total. The van der Waals surface area contributed by atoms with E-state index in [-0.39, 0.29) is 19.1 Å². The molecule has 2 atom stereocenters. The summed E-state index contributed by atoms with van der Waals surface area (Å²) in [6, 6.07) is 18.6. The Hall–Kier alpha value is -3.53. The van der Waals surface area contributed by atoms with Crippen LogP contribution in [-0.4, -0.2) is 49.1 Å². The van der Waals surface area contributed by atoms with E-state index in [2.05, 4.69) is 16.0 Å². The topological polar surface area (TPSA) is 91.9 Å². The van der Waals surface area contributed by atoms with Crippen LogP contribution in [0.1, 0.15) is 37.8 Å². The number of hydrogen-bond acceptors (Lipinski definition) is 5. The maximum atomic E-state index is 13.9. The largest absolute Gasteiger partial charge is 0.491 e. The summed E-state index contributed by atoms with van der Waals surface area (Å²) in [6.45, 7) is 5.14. The molecule has 9 heteroatoms. The van der Waals surface area contributed by atoms with E-state index in [1.165, 1.54) is 12.1 Å². The van der Waals surface area contributed by atoms with Gasteiger partial charge in [-0.25, -0.2) is 13.6 Å². The molecule has 3 aromatic carbocycles. The lowest BCUT2D eigenvalue weighted by atomic mass is 9.82. The molecule has 0 bridgehead atoms. The first-order chi connectivity index (χ1) is 19.2. The van der Waals surface area contributed by atoms with Crippen LogP contribution >= 0.6 is 0 Å². The molecular formula is C31H37F2N3O4. The van der Waals surface area contributed by atoms with Crippen LogP contribution in [0.15, 0.2) is 72.8 Å². The van der Waals surface area contributed by atoms with Gasteiger partial charge in [0.25, 0.3) is 0 Å². The molecule has 0 saturated carbocycles. The Morgan fingerprint density at radius 1 is 1.00 bits per heavy atom. The summed E-state index contributed by atoms with van der Waals surface area (Å²) in [5.74, 6) is -0.689. The monoisotopic (exact) mass is 553 g/mol. The van der Waals surface area contributed by atoms with E-state index in [9.17, 15) is 18.7 Å². The number of hydrogen-bond donors (Lipinski definition) is 4. The van der Waals surface area contributed by atoms with Gasteiger partial charge in [-0.2, -0.15) is 0 Å². The SMILES string of the molecule is CC(C)Oc1cccc(C2(NC[C@H](O)[C@@H](Cc3cc(F)cc(F)c3)NC(=O)Nc3ccccc3)CCOCC2)c1. The number of rotatable bonds is 11. The molecule has 0 spiro atoms. The standard InChI is InChI=1S/C31H37F2N3O4/c1-21(2)40-27-10-6-7-23(18-27)31(11-13-39-14-12-31)34-20-29(37)28(17-22-15-24(32)19-25(33)16-22)36-30(38)35-26-8-4-3-5-9-26/h3-10,15-16,18-19,21,28-29,34,37H,11-14,17,20H2,1-2H3,(H2,35,36,38)/t28-,29+/m1/s1. The lowest BCUT2D eigenvalue weighted by Crippen LogP contribution is -2.54. The number of urea groups is 1. The van der Waals surface area contributed by atoms with E-state index in [1.807, 2.05) is 44.2 Å². The van der Waals surface area contributed by atoms with Gasteiger partial charge in [0.1, 0.15) is 17.4 Å². The highest BCUT2D eigenvalue weighted by molar-refractivity contribution is 5.89. The van der Waals surface area contributed by atoms with Crippen molar-refractivity contribution >= 4 is 11.7 Å². The Kier molecular flexibility index (Phi) is 10.1. The van der Waals surface area contributed by atoms with Crippen molar-refractivity contribution in [1.29, 1.82) is 0 Å². The average Bonchev–Trinajstić information content (AvgIpc) is 2.92. The fourth-order valence-corrected chi connectivity index (χ4v) is 4.99. The zero-order valence-corrected chi connectivity index (χ0v) is 22.8. The number of carbonyl (C=O) groups is 1. The van der Waals surface area contributed by atoms with Gasteiger partial charge in [-0.15, -0.1) is 0 Å². The van der Waals surface area contributed by atoms with Crippen molar-refractivity contribution in [2.45, 2.75) is 56.9 Å². The number of halogens is 2. The van der Waals surface area contributed by atoms with Crippen molar-refractivity contribution in [3.05, 3.63) is 95.6 Å². The molecule has 1 heterocycles. The lowest BCUT2D eigenvalue weighted by molar-refractivity contribution is 0.0271. The van der Waals surface area contributed by atoms with Gasteiger partial charge in [0.2, 0.25) is 0 Å². The zero-order chi connectivity index (χ0) is 28.5. The minimum absolute atomic E-state index is 0.0214. The minimum Gasteiger partial charge on any atom is -0.491 e. The quantitative estimate of drug-likeness (QED) is 0.264. The third kappa shape index (κ3) is 8.24. The van der Waals surface area contributed by atoms with Crippen molar-refractivity contribution in [2.75, 3.05) is 25.1 Å². The molecule has 0 unspecified atom stereocenters. The zero-order valence-electron chi connectivity index (χ0n) is 22.8. The Balaban J connectivity index is 1.53. The number of aliphatic hydroxyl groups is 1. The second-order valence-electron chi connectivity index (χ2n) is 10.4. The van der Waals surface area contributed by atoms with Crippen LogP contribution in [0, 0.1) is 11.6 Å². The highest BCUT2D eigenvalue weighted by Gasteiger charge is 2.36. The number of carbonyl (C=O) groups excluding carboxylic acids is 1. The highest BCUT2D eigenvalue weighted by atomic mass is 19.1. The number of aliphatic hydroxyl groups excluding tert-OH is 1. The fraction of sp³-hybridized carbons (Fsp3) is 0.387. The van der Waals surface area contributed by atoms with Crippen molar-refractivity contribution in [3.8, 4) is 5.75 Å². The Bertz CT molecular complexity index is 1230.